The predicted octanol–water partition coefficient (Wildman–Crippen LogP) is 3.79. The molecule has 0 aliphatic carbocycles. The van der Waals surface area contributed by atoms with Gasteiger partial charge in [0.1, 0.15) is 18.1 Å². The molecule has 1 heterocycles. The van der Waals surface area contributed by atoms with E-state index in [1.807, 2.05) is 19.9 Å². The quantitative estimate of drug-likeness (QED) is 0.514. The van der Waals surface area contributed by atoms with Gasteiger partial charge in [0.2, 0.25) is 6.10 Å². The molecule has 1 amide bonds. The van der Waals surface area contributed by atoms with Crippen LogP contribution in [0.4, 0.5) is 0 Å². The smallest absolute Gasteiger partial charge is 0.311 e. The first-order valence-electron chi connectivity index (χ1n) is 9.94. The number of esters is 1. The van der Waals surface area contributed by atoms with Gasteiger partial charge >= 0.3 is 5.97 Å². The molecule has 0 N–H and O–H groups in total. The maximum atomic E-state index is 12.5. The van der Waals surface area contributed by atoms with Crippen LogP contribution in [0.1, 0.15) is 34.2 Å². The lowest BCUT2D eigenvalue weighted by molar-refractivity contribution is -0.159. The zero-order valence-electron chi connectivity index (χ0n) is 18.1. The molecule has 0 aliphatic rings. The Bertz CT molecular complexity index is 1010. The van der Waals surface area contributed by atoms with Crippen LogP contribution in [0.15, 0.2) is 59.1 Å². The van der Waals surface area contributed by atoms with Crippen LogP contribution < -0.4 is 4.74 Å². The van der Waals surface area contributed by atoms with Crippen molar-refractivity contribution in [2.75, 3.05) is 14.1 Å². The Labute approximate surface area is 181 Å². The number of carbonyl (C=O) groups is 2. The molecule has 7 nitrogen and oxygen atoms in total. The molecule has 0 aliphatic heterocycles. The summed E-state index contributed by atoms with van der Waals surface area (Å²) in [6.07, 6.45) is -0.921. The lowest BCUT2D eigenvalue weighted by Crippen LogP contribution is -2.31. The minimum atomic E-state index is -0.971. The highest BCUT2D eigenvalue weighted by atomic mass is 16.5. The molecule has 0 unspecified atom stereocenters. The Hall–Kier alpha value is -3.61. The van der Waals surface area contributed by atoms with Gasteiger partial charge in [-0.15, -0.1) is 0 Å². The van der Waals surface area contributed by atoms with E-state index in [9.17, 15) is 9.59 Å². The summed E-state index contributed by atoms with van der Waals surface area (Å²) in [5.74, 6) is 0.634. The monoisotopic (exact) mass is 422 g/mol. The number of rotatable bonds is 8. The molecule has 1 atom stereocenters. The van der Waals surface area contributed by atoms with E-state index in [2.05, 4.69) is 5.16 Å². The number of likely N-dealkylation sites (N-methyl/N-ethyl adjacent to an activating group) is 1. The van der Waals surface area contributed by atoms with E-state index in [0.717, 1.165) is 22.6 Å². The number of ether oxygens (including phenoxy) is 2. The molecule has 0 saturated heterocycles. The van der Waals surface area contributed by atoms with Gasteiger partial charge in [-0.05, 0) is 31.5 Å². The zero-order valence-corrected chi connectivity index (χ0v) is 18.1. The van der Waals surface area contributed by atoms with E-state index in [1.165, 1.54) is 4.90 Å². The molecule has 1 aromatic heterocycles. The number of carbonyl (C=O) groups excluding carboxylic acids is 2. The molecule has 0 radical (unpaired) electrons. The van der Waals surface area contributed by atoms with Crippen molar-refractivity contribution >= 4 is 11.9 Å². The summed E-state index contributed by atoms with van der Waals surface area (Å²) < 4.78 is 16.5. The maximum absolute atomic E-state index is 12.5. The van der Waals surface area contributed by atoms with Crippen molar-refractivity contribution in [3.8, 4) is 5.75 Å². The highest BCUT2D eigenvalue weighted by Gasteiger charge is 2.26. The van der Waals surface area contributed by atoms with Gasteiger partial charge in [0, 0.05) is 19.7 Å². The van der Waals surface area contributed by atoms with Crippen LogP contribution in [0.5, 0.6) is 5.75 Å². The maximum Gasteiger partial charge on any atom is 0.311 e. The van der Waals surface area contributed by atoms with Gasteiger partial charge in [0.25, 0.3) is 5.91 Å². The average Bonchev–Trinajstić information content (AvgIpc) is 3.09. The van der Waals surface area contributed by atoms with Gasteiger partial charge in [-0.25, -0.2) is 0 Å². The van der Waals surface area contributed by atoms with Crippen LogP contribution in [0.2, 0.25) is 0 Å². The molecule has 162 valence electrons. The normalized spacial score (nSPS) is 11.6. The van der Waals surface area contributed by atoms with Gasteiger partial charge in [0.15, 0.2) is 0 Å². The Balaban J connectivity index is 1.61. The lowest BCUT2D eigenvalue weighted by Gasteiger charge is -2.21. The van der Waals surface area contributed by atoms with Crippen molar-refractivity contribution in [1.29, 1.82) is 0 Å². The molecule has 0 spiro atoms. The molecule has 7 heteroatoms. The first kappa shape index (κ1) is 22.1. The summed E-state index contributed by atoms with van der Waals surface area (Å²) in [4.78, 5) is 26.4. The van der Waals surface area contributed by atoms with Crippen molar-refractivity contribution in [1.82, 2.24) is 10.1 Å². The van der Waals surface area contributed by atoms with Gasteiger partial charge in [-0.3, -0.25) is 9.59 Å². The highest BCUT2D eigenvalue weighted by molar-refractivity contribution is 5.85. The first-order chi connectivity index (χ1) is 14.8. The lowest BCUT2D eigenvalue weighted by atomic mass is 10.1. The summed E-state index contributed by atoms with van der Waals surface area (Å²) in [6.45, 7) is 4.07. The molecule has 3 rings (SSSR count). The Kier molecular flexibility index (Phi) is 7.07. The second kappa shape index (κ2) is 9.93. The number of hydrogen-bond acceptors (Lipinski definition) is 6. The van der Waals surface area contributed by atoms with Crippen LogP contribution in [-0.4, -0.2) is 36.0 Å². The fourth-order valence-corrected chi connectivity index (χ4v) is 3.03. The zero-order chi connectivity index (χ0) is 22.4. The number of nitrogens with zero attached hydrogens (tertiary/aromatic N) is 2. The number of hydrogen-bond donors (Lipinski definition) is 0. The minimum absolute atomic E-state index is 0.0498. The second-order valence-electron chi connectivity index (χ2n) is 7.43. The Morgan fingerprint density at radius 3 is 2.29 bits per heavy atom. The van der Waals surface area contributed by atoms with E-state index in [-0.39, 0.29) is 12.3 Å². The second-order valence-corrected chi connectivity index (χ2v) is 7.43. The largest absolute Gasteiger partial charge is 0.489 e. The number of aromatic nitrogens is 1. The molecule has 0 fully saturated rings. The Morgan fingerprint density at radius 1 is 1.03 bits per heavy atom. The minimum Gasteiger partial charge on any atom is -0.489 e. The number of amides is 1. The average molecular weight is 422 g/mol. The first-order valence-corrected chi connectivity index (χ1v) is 9.94. The van der Waals surface area contributed by atoms with Crippen molar-refractivity contribution in [3.05, 3.63) is 82.7 Å². The standard InChI is InChI=1S/C24H26N2O5/c1-16-21(17(2)31-25-16)15-29-20-12-10-18(11-13-20)14-22(27)30-23(24(28)26(3)4)19-8-6-5-7-9-19/h5-13,23H,14-15H2,1-4H3/t23-/m1/s1. The van der Waals surface area contributed by atoms with Crippen molar-refractivity contribution in [2.45, 2.75) is 33.0 Å². The topological polar surface area (TPSA) is 81.9 Å². The van der Waals surface area contributed by atoms with Gasteiger partial charge in [-0.2, -0.15) is 0 Å². The summed E-state index contributed by atoms with van der Waals surface area (Å²) in [7, 11) is 3.26. The third-order valence-electron chi connectivity index (χ3n) is 4.85. The van der Waals surface area contributed by atoms with Crippen LogP contribution in [0, 0.1) is 13.8 Å². The molecular weight excluding hydrogens is 396 g/mol. The van der Waals surface area contributed by atoms with E-state index in [4.69, 9.17) is 14.0 Å². The van der Waals surface area contributed by atoms with Gasteiger partial charge in [-0.1, -0.05) is 47.6 Å². The van der Waals surface area contributed by atoms with Crippen LogP contribution in [0.25, 0.3) is 0 Å². The number of benzene rings is 2. The van der Waals surface area contributed by atoms with Crippen LogP contribution in [0.3, 0.4) is 0 Å². The predicted molar refractivity (Wildman–Crippen MR) is 114 cm³/mol. The van der Waals surface area contributed by atoms with Crippen molar-refractivity contribution in [3.63, 3.8) is 0 Å². The Morgan fingerprint density at radius 2 is 1.71 bits per heavy atom. The molecule has 3 aromatic rings. The van der Waals surface area contributed by atoms with Crippen LogP contribution >= 0.6 is 0 Å². The fraction of sp³-hybridized carbons (Fsp3) is 0.292. The van der Waals surface area contributed by atoms with Crippen molar-refractivity contribution < 1.29 is 23.6 Å². The summed E-state index contributed by atoms with van der Waals surface area (Å²) in [6, 6.07) is 16.2. The number of aryl methyl sites for hydroxylation is 2. The third kappa shape index (κ3) is 5.72. The molecule has 31 heavy (non-hydrogen) atoms. The summed E-state index contributed by atoms with van der Waals surface area (Å²) >= 11 is 0. The van der Waals surface area contributed by atoms with Gasteiger partial charge in [0.05, 0.1) is 17.7 Å². The SMILES string of the molecule is Cc1noc(C)c1COc1ccc(CC(=O)O[C@@H](C(=O)N(C)C)c2ccccc2)cc1. The molecule has 2 aromatic carbocycles. The summed E-state index contributed by atoms with van der Waals surface area (Å²) in [5.41, 5.74) is 3.12. The van der Waals surface area contributed by atoms with Crippen LogP contribution in [-0.2, 0) is 27.4 Å². The van der Waals surface area contributed by atoms with Gasteiger partial charge < -0.3 is 18.9 Å². The molecule has 0 bridgehead atoms. The molecular formula is C24H26N2O5. The third-order valence-corrected chi connectivity index (χ3v) is 4.85. The van der Waals surface area contributed by atoms with E-state index >= 15 is 0 Å². The van der Waals surface area contributed by atoms with E-state index < -0.39 is 12.1 Å². The highest BCUT2D eigenvalue weighted by Crippen LogP contribution is 2.22. The van der Waals surface area contributed by atoms with E-state index in [1.54, 1.807) is 62.6 Å². The fourth-order valence-electron chi connectivity index (χ4n) is 3.03. The summed E-state index contributed by atoms with van der Waals surface area (Å²) in [5, 5.41) is 3.91. The molecule has 0 saturated carbocycles. The van der Waals surface area contributed by atoms with Crippen molar-refractivity contribution in [2.24, 2.45) is 0 Å². The van der Waals surface area contributed by atoms with E-state index in [0.29, 0.717) is 17.9 Å².